The van der Waals surface area contributed by atoms with E-state index in [1.165, 1.54) is 5.56 Å². The van der Waals surface area contributed by atoms with Gasteiger partial charge in [-0.05, 0) is 59.2 Å². The molecule has 0 N–H and O–H groups in total. The number of allylic oxidation sites excluding steroid dienone is 1. The van der Waals surface area contributed by atoms with Crippen LogP contribution in [0.1, 0.15) is 39.5 Å². The molecule has 1 heterocycles. The van der Waals surface area contributed by atoms with E-state index in [9.17, 15) is 4.79 Å². The average molecular weight is 459 g/mol. The molecule has 0 amide bonds. The minimum absolute atomic E-state index is 0.0440. The highest BCUT2D eigenvalue weighted by atomic mass is 16.5. The van der Waals surface area contributed by atoms with Crippen LogP contribution in [0.2, 0.25) is 0 Å². The van der Waals surface area contributed by atoms with Crippen molar-refractivity contribution in [1.82, 2.24) is 0 Å². The Balaban J connectivity index is 1.37. The van der Waals surface area contributed by atoms with Crippen molar-refractivity contribution in [2.75, 3.05) is 12.1 Å². The van der Waals surface area contributed by atoms with Crippen molar-refractivity contribution >= 4 is 23.3 Å². The fourth-order valence-corrected chi connectivity index (χ4v) is 4.25. The van der Waals surface area contributed by atoms with Gasteiger partial charge in [-0.15, -0.1) is 0 Å². The summed E-state index contributed by atoms with van der Waals surface area (Å²) in [6.45, 7) is 0. The Morgan fingerprint density at radius 3 is 2.17 bits per heavy atom. The summed E-state index contributed by atoms with van der Waals surface area (Å²) in [7, 11) is 1.61. The Morgan fingerprint density at radius 2 is 1.51 bits per heavy atom. The maximum atomic E-state index is 12.5. The minimum Gasteiger partial charge on any atom is -0.497 e. The first kappa shape index (κ1) is 22.4. The highest BCUT2D eigenvalue weighted by molar-refractivity contribution is 6.07. The summed E-state index contributed by atoms with van der Waals surface area (Å²) in [5.74, 6) is 0.687. The second-order valence-electron chi connectivity index (χ2n) is 8.41. The van der Waals surface area contributed by atoms with E-state index in [1.807, 2.05) is 42.5 Å². The van der Waals surface area contributed by atoms with Gasteiger partial charge in [0.2, 0.25) is 0 Å². The molecule has 0 unspecified atom stereocenters. The van der Waals surface area contributed by atoms with Gasteiger partial charge in [-0.2, -0.15) is 5.10 Å². The molecule has 172 valence electrons. The van der Waals surface area contributed by atoms with Crippen LogP contribution in [0.25, 0.3) is 6.08 Å². The molecule has 4 aromatic carbocycles. The van der Waals surface area contributed by atoms with E-state index in [0.717, 1.165) is 34.7 Å². The maximum absolute atomic E-state index is 12.5. The van der Waals surface area contributed by atoms with Gasteiger partial charge in [0.15, 0.2) is 5.78 Å². The highest BCUT2D eigenvalue weighted by Gasteiger charge is 2.29. The second-order valence-corrected chi connectivity index (χ2v) is 8.41. The van der Waals surface area contributed by atoms with E-state index in [2.05, 4.69) is 53.5 Å². The molecule has 1 atom stereocenters. The molecule has 4 heteroatoms. The van der Waals surface area contributed by atoms with Crippen LogP contribution >= 0.6 is 0 Å². The number of hydrogen-bond acceptors (Lipinski definition) is 4. The number of nitrogens with zero attached hydrogens (tertiary/aromatic N) is 2. The van der Waals surface area contributed by atoms with Gasteiger partial charge in [0, 0.05) is 12.0 Å². The van der Waals surface area contributed by atoms with Gasteiger partial charge in [0.1, 0.15) is 5.75 Å². The van der Waals surface area contributed by atoms with Crippen molar-refractivity contribution in [3.05, 3.63) is 138 Å². The number of hydrazone groups is 1. The number of anilines is 1. The van der Waals surface area contributed by atoms with Crippen LogP contribution in [0.15, 0.2) is 120 Å². The van der Waals surface area contributed by atoms with Crippen molar-refractivity contribution < 1.29 is 9.53 Å². The Labute approximate surface area is 205 Å². The summed E-state index contributed by atoms with van der Waals surface area (Å²) in [6, 6.07) is 36.2. The summed E-state index contributed by atoms with van der Waals surface area (Å²) in [6.07, 6.45) is 4.28. The fraction of sp³-hybridized carbons (Fsp3) is 0.0968. The molecular formula is C31H26N2O2. The van der Waals surface area contributed by atoms with Crippen LogP contribution in [0, 0.1) is 0 Å². The van der Waals surface area contributed by atoms with E-state index in [1.54, 1.807) is 37.5 Å². The van der Waals surface area contributed by atoms with Gasteiger partial charge in [-0.3, -0.25) is 9.80 Å². The van der Waals surface area contributed by atoms with E-state index in [0.29, 0.717) is 5.56 Å². The van der Waals surface area contributed by atoms with Gasteiger partial charge in [0.05, 0.1) is 24.6 Å². The molecule has 35 heavy (non-hydrogen) atoms. The van der Waals surface area contributed by atoms with Gasteiger partial charge in [-0.1, -0.05) is 78.9 Å². The molecule has 0 saturated carbocycles. The van der Waals surface area contributed by atoms with Gasteiger partial charge >= 0.3 is 0 Å². The van der Waals surface area contributed by atoms with E-state index >= 15 is 0 Å². The molecule has 0 spiro atoms. The smallest absolute Gasteiger partial charge is 0.185 e. The first-order chi connectivity index (χ1) is 17.2. The zero-order valence-electron chi connectivity index (χ0n) is 19.5. The minimum atomic E-state index is -0.0440. The van der Waals surface area contributed by atoms with Crippen LogP contribution in [-0.2, 0) is 0 Å². The third-order valence-electron chi connectivity index (χ3n) is 6.16. The van der Waals surface area contributed by atoms with Crippen LogP contribution in [0.3, 0.4) is 0 Å². The van der Waals surface area contributed by atoms with Crippen molar-refractivity contribution in [1.29, 1.82) is 0 Å². The summed E-state index contributed by atoms with van der Waals surface area (Å²) in [5.41, 5.74) is 6.06. The topological polar surface area (TPSA) is 41.9 Å². The van der Waals surface area contributed by atoms with Crippen LogP contribution < -0.4 is 9.75 Å². The number of rotatable bonds is 7. The van der Waals surface area contributed by atoms with Crippen LogP contribution in [0.4, 0.5) is 5.69 Å². The first-order valence-electron chi connectivity index (χ1n) is 11.6. The van der Waals surface area contributed by atoms with Gasteiger partial charge < -0.3 is 4.74 Å². The summed E-state index contributed by atoms with van der Waals surface area (Å²) in [4.78, 5) is 12.5. The lowest BCUT2D eigenvalue weighted by Gasteiger charge is -2.24. The molecule has 4 aromatic rings. The number of ether oxygens (including phenoxy) is 1. The summed E-state index contributed by atoms with van der Waals surface area (Å²) in [5, 5.41) is 7.12. The molecule has 1 aliphatic heterocycles. The van der Waals surface area contributed by atoms with Crippen molar-refractivity contribution in [2.45, 2.75) is 12.5 Å². The average Bonchev–Trinajstić information content (AvgIpc) is 3.39. The normalized spacial score (nSPS) is 15.3. The largest absolute Gasteiger partial charge is 0.497 e. The zero-order valence-corrected chi connectivity index (χ0v) is 19.5. The molecule has 4 nitrogen and oxygen atoms in total. The molecule has 0 saturated heterocycles. The Morgan fingerprint density at radius 1 is 0.857 bits per heavy atom. The predicted molar refractivity (Wildman–Crippen MR) is 142 cm³/mol. The van der Waals surface area contributed by atoms with Gasteiger partial charge in [-0.25, -0.2) is 0 Å². The molecule has 0 aliphatic carbocycles. The molecule has 0 bridgehead atoms. The number of ketones is 1. The van der Waals surface area contributed by atoms with Crippen molar-refractivity contribution in [2.24, 2.45) is 5.10 Å². The fourth-order valence-electron chi connectivity index (χ4n) is 4.25. The lowest BCUT2D eigenvalue weighted by Crippen LogP contribution is -2.18. The quantitative estimate of drug-likeness (QED) is 0.222. The monoisotopic (exact) mass is 458 g/mol. The third-order valence-corrected chi connectivity index (χ3v) is 6.16. The standard InChI is InChI=1S/C31H26N2O2/c1-35-28-19-15-26(16-20-28)31(34)21-14-23-12-17-27(18-13-23)33-30(25-10-6-3-7-11-25)22-29(32-33)24-8-4-2-5-9-24/h2-21,30H,22H2,1H3/b21-14+/t30-/m1/s1. The molecule has 1 aliphatic rings. The summed E-state index contributed by atoms with van der Waals surface area (Å²) < 4.78 is 5.16. The Bertz CT molecular complexity index is 1340. The molecule has 0 radical (unpaired) electrons. The molecular weight excluding hydrogens is 432 g/mol. The number of carbonyl (C=O) groups is 1. The number of benzene rings is 4. The Hall–Kier alpha value is -4.44. The predicted octanol–water partition coefficient (Wildman–Crippen LogP) is 6.95. The van der Waals surface area contributed by atoms with E-state index in [-0.39, 0.29) is 11.8 Å². The lowest BCUT2D eigenvalue weighted by atomic mass is 9.98. The zero-order chi connectivity index (χ0) is 24.0. The van der Waals surface area contributed by atoms with E-state index < -0.39 is 0 Å². The van der Waals surface area contributed by atoms with Crippen molar-refractivity contribution in [3.8, 4) is 5.75 Å². The Kier molecular flexibility index (Phi) is 6.53. The van der Waals surface area contributed by atoms with E-state index in [4.69, 9.17) is 9.84 Å². The van der Waals surface area contributed by atoms with Crippen molar-refractivity contribution in [3.63, 3.8) is 0 Å². The maximum Gasteiger partial charge on any atom is 0.185 e. The van der Waals surface area contributed by atoms with Crippen LogP contribution in [0.5, 0.6) is 5.75 Å². The molecule has 5 rings (SSSR count). The third kappa shape index (κ3) is 5.07. The van der Waals surface area contributed by atoms with Crippen LogP contribution in [-0.4, -0.2) is 18.6 Å². The number of hydrogen-bond donors (Lipinski definition) is 0. The number of carbonyl (C=O) groups excluding carboxylic acids is 1. The summed E-state index contributed by atoms with van der Waals surface area (Å²) >= 11 is 0. The number of methoxy groups -OCH3 is 1. The molecule has 0 aromatic heterocycles. The second kappa shape index (κ2) is 10.2. The molecule has 0 fully saturated rings. The van der Waals surface area contributed by atoms with Gasteiger partial charge in [0.25, 0.3) is 0 Å². The lowest BCUT2D eigenvalue weighted by molar-refractivity contribution is 0.104. The SMILES string of the molecule is COc1ccc(C(=O)/C=C/c2ccc(N3N=C(c4ccccc4)C[C@@H]3c3ccccc3)cc2)cc1. The highest BCUT2D eigenvalue weighted by Crippen LogP contribution is 2.36. The first-order valence-corrected chi connectivity index (χ1v) is 11.6.